The smallest absolute Gasteiger partial charge is 0.272 e. The van der Waals surface area contributed by atoms with Gasteiger partial charge in [0.2, 0.25) is 11.8 Å². The number of piperidine rings is 1. The number of amides is 1. The molecule has 0 saturated carbocycles. The second kappa shape index (κ2) is 6.14. The molecule has 2 aromatic rings. The molecule has 0 aromatic carbocycles. The minimum Gasteiger partial charge on any atom is -0.425 e. The van der Waals surface area contributed by atoms with Gasteiger partial charge in [-0.25, -0.2) is 0 Å². The fourth-order valence-corrected chi connectivity index (χ4v) is 3.26. The van der Waals surface area contributed by atoms with Crippen LogP contribution in [0.3, 0.4) is 0 Å². The Morgan fingerprint density at radius 2 is 2.17 bits per heavy atom. The predicted octanol–water partition coefficient (Wildman–Crippen LogP) is 2.56. The van der Waals surface area contributed by atoms with Gasteiger partial charge in [0.15, 0.2) is 0 Å². The molecule has 2 aromatic heterocycles. The van der Waals surface area contributed by atoms with Crippen LogP contribution in [-0.4, -0.2) is 43.4 Å². The van der Waals surface area contributed by atoms with E-state index < -0.39 is 0 Å². The third-order valence-corrected chi connectivity index (χ3v) is 4.49. The number of hydrogen-bond donors (Lipinski definition) is 0. The lowest BCUT2D eigenvalue weighted by atomic mass is 9.90. The molecule has 3 heterocycles. The van der Waals surface area contributed by atoms with Gasteiger partial charge in [0, 0.05) is 31.7 Å². The van der Waals surface area contributed by atoms with E-state index in [4.69, 9.17) is 4.42 Å². The van der Waals surface area contributed by atoms with E-state index in [9.17, 15) is 4.79 Å². The largest absolute Gasteiger partial charge is 0.425 e. The van der Waals surface area contributed by atoms with Crippen LogP contribution < -0.4 is 0 Å². The molecule has 0 spiro atoms. The molecule has 1 fully saturated rings. The SMILES string of the molecule is Cc1nnc([C@H]2CCCN(C(=O)c3ccnn3C(C)C)[C@H]2C)o1. The van der Waals surface area contributed by atoms with Crippen LogP contribution in [0.15, 0.2) is 16.7 Å². The molecular weight excluding hydrogens is 294 g/mol. The van der Waals surface area contributed by atoms with Crippen molar-refractivity contribution in [3.8, 4) is 0 Å². The standard InChI is InChI=1S/C16H23N5O2/c1-10(2)21-14(7-8-17-21)16(22)20-9-5-6-13(11(20)3)15-19-18-12(4)23-15/h7-8,10-11,13H,5-6,9H2,1-4H3/t11-,13-/m0/s1. The number of carbonyl (C=O) groups excluding carboxylic acids is 1. The van der Waals surface area contributed by atoms with Gasteiger partial charge in [-0.2, -0.15) is 5.10 Å². The third-order valence-electron chi connectivity index (χ3n) is 4.49. The number of rotatable bonds is 3. The fourth-order valence-electron chi connectivity index (χ4n) is 3.26. The molecule has 1 saturated heterocycles. The Morgan fingerprint density at radius 3 is 2.83 bits per heavy atom. The highest BCUT2D eigenvalue weighted by molar-refractivity contribution is 5.93. The number of aromatic nitrogens is 4. The van der Waals surface area contributed by atoms with E-state index in [0.29, 0.717) is 17.5 Å². The van der Waals surface area contributed by atoms with Crippen molar-refractivity contribution in [1.82, 2.24) is 24.9 Å². The number of nitrogens with zero attached hydrogens (tertiary/aromatic N) is 5. The normalized spacial score (nSPS) is 21.9. The predicted molar refractivity (Wildman–Crippen MR) is 84.1 cm³/mol. The van der Waals surface area contributed by atoms with Crippen molar-refractivity contribution in [2.24, 2.45) is 0 Å². The Bertz CT molecular complexity index is 690. The van der Waals surface area contributed by atoms with E-state index >= 15 is 0 Å². The maximum Gasteiger partial charge on any atom is 0.272 e. The lowest BCUT2D eigenvalue weighted by Crippen LogP contribution is -2.46. The summed E-state index contributed by atoms with van der Waals surface area (Å²) in [7, 11) is 0. The minimum absolute atomic E-state index is 0.0182. The van der Waals surface area contributed by atoms with Gasteiger partial charge < -0.3 is 9.32 Å². The van der Waals surface area contributed by atoms with Crippen molar-refractivity contribution in [2.45, 2.75) is 58.5 Å². The monoisotopic (exact) mass is 317 g/mol. The van der Waals surface area contributed by atoms with Crippen LogP contribution >= 0.6 is 0 Å². The molecule has 1 aliphatic rings. The Labute approximate surface area is 135 Å². The van der Waals surface area contributed by atoms with Crippen molar-refractivity contribution in [3.05, 3.63) is 29.7 Å². The van der Waals surface area contributed by atoms with Gasteiger partial charge in [-0.05, 0) is 39.7 Å². The van der Waals surface area contributed by atoms with Crippen LogP contribution in [0.2, 0.25) is 0 Å². The second-order valence-electron chi connectivity index (χ2n) is 6.40. The minimum atomic E-state index is 0.0182. The van der Waals surface area contributed by atoms with Crippen LogP contribution in [0.1, 0.15) is 67.8 Å². The molecule has 1 aliphatic heterocycles. The first-order chi connectivity index (χ1) is 11.0. The van der Waals surface area contributed by atoms with Crippen molar-refractivity contribution < 1.29 is 9.21 Å². The van der Waals surface area contributed by atoms with E-state index in [0.717, 1.165) is 19.4 Å². The summed E-state index contributed by atoms with van der Waals surface area (Å²) in [6, 6.07) is 1.96. The molecule has 23 heavy (non-hydrogen) atoms. The third kappa shape index (κ3) is 2.87. The number of hydrogen-bond acceptors (Lipinski definition) is 5. The summed E-state index contributed by atoms with van der Waals surface area (Å²) in [5.74, 6) is 1.30. The van der Waals surface area contributed by atoms with Crippen molar-refractivity contribution in [3.63, 3.8) is 0 Å². The maximum absolute atomic E-state index is 13.0. The molecule has 7 nitrogen and oxygen atoms in total. The van der Waals surface area contributed by atoms with Gasteiger partial charge in [0.25, 0.3) is 5.91 Å². The first kappa shape index (κ1) is 15.7. The zero-order valence-corrected chi connectivity index (χ0v) is 14.1. The highest BCUT2D eigenvalue weighted by Crippen LogP contribution is 2.32. The quantitative estimate of drug-likeness (QED) is 0.869. The van der Waals surface area contributed by atoms with Crippen molar-refractivity contribution in [1.29, 1.82) is 0 Å². The molecule has 0 bridgehead atoms. The lowest BCUT2D eigenvalue weighted by Gasteiger charge is -2.38. The zero-order chi connectivity index (χ0) is 16.6. The van der Waals surface area contributed by atoms with Crippen LogP contribution in [-0.2, 0) is 0 Å². The van der Waals surface area contributed by atoms with E-state index in [1.807, 2.05) is 18.7 Å². The molecule has 7 heteroatoms. The van der Waals surface area contributed by atoms with Crippen LogP contribution in [0, 0.1) is 6.92 Å². The number of aryl methyl sites for hydroxylation is 1. The summed E-state index contributed by atoms with van der Waals surface area (Å²) in [6.45, 7) is 8.62. The van der Waals surface area contributed by atoms with E-state index in [-0.39, 0.29) is 23.9 Å². The van der Waals surface area contributed by atoms with Gasteiger partial charge in [-0.15, -0.1) is 10.2 Å². The molecule has 3 rings (SSSR count). The van der Waals surface area contributed by atoms with E-state index in [1.165, 1.54) is 0 Å². The van der Waals surface area contributed by atoms with Gasteiger partial charge in [-0.1, -0.05) is 0 Å². The highest BCUT2D eigenvalue weighted by atomic mass is 16.4. The second-order valence-corrected chi connectivity index (χ2v) is 6.40. The average molecular weight is 317 g/mol. The molecule has 0 unspecified atom stereocenters. The maximum atomic E-state index is 13.0. The summed E-state index contributed by atoms with van der Waals surface area (Å²) < 4.78 is 7.37. The molecule has 0 radical (unpaired) electrons. The highest BCUT2D eigenvalue weighted by Gasteiger charge is 2.36. The Hall–Kier alpha value is -2.18. The summed E-state index contributed by atoms with van der Waals surface area (Å²) >= 11 is 0. The molecule has 2 atom stereocenters. The molecular formula is C16H23N5O2. The van der Waals surface area contributed by atoms with Crippen molar-refractivity contribution >= 4 is 5.91 Å². The zero-order valence-electron chi connectivity index (χ0n) is 14.1. The van der Waals surface area contributed by atoms with Crippen LogP contribution in [0.5, 0.6) is 0 Å². The number of likely N-dealkylation sites (tertiary alicyclic amines) is 1. The summed E-state index contributed by atoms with van der Waals surface area (Å²) in [5.41, 5.74) is 0.634. The lowest BCUT2D eigenvalue weighted by molar-refractivity contribution is 0.0568. The summed E-state index contributed by atoms with van der Waals surface area (Å²) in [5, 5.41) is 12.3. The fraction of sp³-hybridized carbons (Fsp3) is 0.625. The van der Waals surface area contributed by atoms with Gasteiger partial charge >= 0.3 is 0 Å². The van der Waals surface area contributed by atoms with Gasteiger partial charge in [-0.3, -0.25) is 9.48 Å². The molecule has 0 N–H and O–H groups in total. The van der Waals surface area contributed by atoms with Crippen molar-refractivity contribution in [2.75, 3.05) is 6.54 Å². The average Bonchev–Trinajstić information content (AvgIpc) is 3.15. The summed E-state index contributed by atoms with van der Waals surface area (Å²) in [6.07, 6.45) is 3.56. The van der Waals surface area contributed by atoms with Crippen LogP contribution in [0.25, 0.3) is 0 Å². The Morgan fingerprint density at radius 1 is 1.39 bits per heavy atom. The van der Waals surface area contributed by atoms with Crippen LogP contribution in [0.4, 0.5) is 0 Å². The Balaban J connectivity index is 1.84. The molecule has 0 aliphatic carbocycles. The van der Waals surface area contributed by atoms with Gasteiger partial charge in [0.05, 0.1) is 5.92 Å². The topological polar surface area (TPSA) is 77.1 Å². The van der Waals surface area contributed by atoms with E-state index in [2.05, 4.69) is 22.2 Å². The number of carbonyl (C=O) groups is 1. The first-order valence-corrected chi connectivity index (χ1v) is 8.13. The Kier molecular flexibility index (Phi) is 4.19. The van der Waals surface area contributed by atoms with E-state index in [1.54, 1.807) is 23.9 Å². The summed E-state index contributed by atoms with van der Waals surface area (Å²) in [4.78, 5) is 14.9. The first-order valence-electron chi connectivity index (χ1n) is 8.13. The molecule has 124 valence electrons. The molecule has 1 amide bonds. The van der Waals surface area contributed by atoms with Gasteiger partial charge in [0.1, 0.15) is 5.69 Å².